The van der Waals surface area contributed by atoms with Gasteiger partial charge in [-0.1, -0.05) is 75.6 Å². The Bertz CT molecular complexity index is 1510. The van der Waals surface area contributed by atoms with Crippen molar-refractivity contribution < 1.29 is 13.9 Å². The molecule has 0 saturated carbocycles. The van der Waals surface area contributed by atoms with Gasteiger partial charge >= 0.3 is 0 Å². The Hall–Kier alpha value is -3.35. The van der Waals surface area contributed by atoms with Crippen LogP contribution in [0, 0.1) is 0 Å². The number of thiophene rings is 1. The summed E-state index contributed by atoms with van der Waals surface area (Å²) in [6, 6.07) is 21.8. The topological polar surface area (TPSA) is 57.4 Å². The van der Waals surface area contributed by atoms with E-state index in [0.29, 0.717) is 11.8 Å². The monoisotopic (exact) mass is 574 g/mol. The highest BCUT2D eigenvalue weighted by Gasteiger charge is 2.15. The van der Waals surface area contributed by atoms with Crippen LogP contribution >= 0.6 is 22.9 Å². The van der Waals surface area contributed by atoms with Gasteiger partial charge in [-0.25, -0.2) is 0 Å². The first-order chi connectivity index (χ1) is 19.7. The van der Waals surface area contributed by atoms with Crippen molar-refractivity contribution in [1.29, 1.82) is 0 Å². The van der Waals surface area contributed by atoms with E-state index in [9.17, 15) is 0 Å². The molecule has 2 heterocycles. The number of hydrogen-bond acceptors (Lipinski definition) is 6. The van der Waals surface area contributed by atoms with Crippen molar-refractivity contribution in [2.45, 2.75) is 58.3 Å². The smallest absolute Gasteiger partial charge is 0.248 e. The van der Waals surface area contributed by atoms with E-state index in [4.69, 9.17) is 25.5 Å². The lowest BCUT2D eigenvalue weighted by Crippen LogP contribution is -1.97. The standard InChI is InChI=1S/C33H35ClN2O3S/c1-3-4-5-6-7-8-9-10-21-38-27-19-20-28-29(22-27)40-31(30(28)34)23-11-13-24(14-12-23)32-35-36-33(39-32)25-15-17-26(37-2)18-16-25/h11-20,22H,3-10,21H2,1-2H3. The van der Waals surface area contributed by atoms with Crippen LogP contribution in [0.15, 0.2) is 71.1 Å². The number of methoxy groups -OCH3 is 1. The van der Waals surface area contributed by atoms with E-state index in [1.54, 1.807) is 18.4 Å². The van der Waals surface area contributed by atoms with Gasteiger partial charge < -0.3 is 13.9 Å². The molecule has 0 aliphatic rings. The van der Waals surface area contributed by atoms with Gasteiger partial charge in [-0.05, 0) is 66.6 Å². The van der Waals surface area contributed by atoms with Crippen LogP contribution in [0.3, 0.4) is 0 Å². The minimum Gasteiger partial charge on any atom is -0.497 e. The van der Waals surface area contributed by atoms with Crippen LogP contribution in [-0.4, -0.2) is 23.9 Å². The quantitative estimate of drug-likeness (QED) is 0.123. The zero-order chi connectivity index (χ0) is 27.7. The third kappa shape index (κ3) is 6.86. The molecule has 0 unspecified atom stereocenters. The first-order valence-corrected chi connectivity index (χ1v) is 15.3. The molecule has 0 N–H and O–H groups in total. The lowest BCUT2D eigenvalue weighted by atomic mass is 10.1. The Morgan fingerprint density at radius 2 is 1.30 bits per heavy atom. The maximum Gasteiger partial charge on any atom is 0.248 e. The van der Waals surface area contributed by atoms with Gasteiger partial charge in [0.05, 0.1) is 23.6 Å². The van der Waals surface area contributed by atoms with Gasteiger partial charge in [-0.15, -0.1) is 21.5 Å². The van der Waals surface area contributed by atoms with Gasteiger partial charge in [0.15, 0.2) is 0 Å². The summed E-state index contributed by atoms with van der Waals surface area (Å²) in [7, 11) is 1.64. The van der Waals surface area contributed by atoms with Crippen LogP contribution in [-0.2, 0) is 0 Å². The first kappa shape index (κ1) is 28.2. The molecule has 0 radical (unpaired) electrons. The molecule has 0 atom stereocenters. The minimum absolute atomic E-state index is 0.467. The van der Waals surface area contributed by atoms with Gasteiger partial charge in [0.25, 0.3) is 0 Å². The summed E-state index contributed by atoms with van der Waals surface area (Å²) in [6.07, 6.45) is 10.3. The zero-order valence-electron chi connectivity index (χ0n) is 23.1. The molecule has 40 heavy (non-hydrogen) atoms. The average Bonchev–Trinajstić information content (AvgIpc) is 3.61. The van der Waals surface area contributed by atoms with Gasteiger partial charge in [0, 0.05) is 21.2 Å². The van der Waals surface area contributed by atoms with Crippen molar-refractivity contribution in [2.75, 3.05) is 13.7 Å². The molecule has 0 amide bonds. The second-order valence-electron chi connectivity index (χ2n) is 9.94. The van der Waals surface area contributed by atoms with Crippen molar-refractivity contribution in [3.05, 3.63) is 71.8 Å². The van der Waals surface area contributed by atoms with Crippen LogP contribution in [0.5, 0.6) is 11.5 Å². The fraction of sp³-hybridized carbons (Fsp3) is 0.333. The summed E-state index contributed by atoms with van der Waals surface area (Å²) in [4.78, 5) is 1.04. The van der Waals surface area contributed by atoms with Crippen molar-refractivity contribution in [2.24, 2.45) is 0 Å². The molecule has 0 spiro atoms. The highest BCUT2D eigenvalue weighted by Crippen LogP contribution is 2.43. The third-order valence-corrected chi connectivity index (χ3v) is 8.73. The highest BCUT2D eigenvalue weighted by atomic mass is 35.5. The molecule has 0 aliphatic carbocycles. The Labute approximate surface area is 245 Å². The second kappa shape index (κ2) is 13.8. The summed E-state index contributed by atoms with van der Waals surface area (Å²) in [5.74, 6) is 2.62. The van der Waals surface area contributed by atoms with E-state index in [1.807, 2.05) is 54.6 Å². The van der Waals surface area contributed by atoms with Gasteiger partial charge in [0.1, 0.15) is 11.5 Å². The molecule has 208 valence electrons. The lowest BCUT2D eigenvalue weighted by Gasteiger charge is -2.06. The van der Waals surface area contributed by atoms with Crippen LogP contribution in [0.4, 0.5) is 0 Å². The molecule has 5 rings (SSSR count). The van der Waals surface area contributed by atoms with Crippen LogP contribution in [0.2, 0.25) is 5.02 Å². The van der Waals surface area contributed by atoms with Crippen LogP contribution in [0.25, 0.3) is 43.4 Å². The number of unbranched alkanes of at least 4 members (excludes halogenated alkanes) is 7. The van der Waals surface area contributed by atoms with Gasteiger partial charge in [0.2, 0.25) is 11.8 Å². The predicted molar refractivity (Wildman–Crippen MR) is 166 cm³/mol. The summed E-state index contributed by atoms with van der Waals surface area (Å²) in [5.41, 5.74) is 2.74. The Kier molecular flexibility index (Phi) is 9.74. The lowest BCUT2D eigenvalue weighted by molar-refractivity contribution is 0.304. The fourth-order valence-corrected chi connectivity index (χ4v) is 6.28. The summed E-state index contributed by atoms with van der Waals surface area (Å²) >= 11 is 8.50. The molecule has 5 aromatic rings. The zero-order valence-corrected chi connectivity index (χ0v) is 24.7. The van der Waals surface area contributed by atoms with E-state index in [1.165, 1.54) is 44.9 Å². The molecular weight excluding hydrogens is 540 g/mol. The van der Waals surface area contributed by atoms with E-state index < -0.39 is 0 Å². The predicted octanol–water partition coefficient (Wildman–Crippen LogP) is 10.5. The fourth-order valence-electron chi connectivity index (χ4n) is 4.70. The molecule has 0 fully saturated rings. The Morgan fingerprint density at radius 1 is 0.725 bits per heavy atom. The van der Waals surface area contributed by atoms with E-state index in [2.05, 4.69) is 29.3 Å². The van der Waals surface area contributed by atoms with Gasteiger partial charge in [-0.2, -0.15) is 0 Å². The molecule has 7 heteroatoms. The Balaban J connectivity index is 1.20. The molecule has 0 saturated heterocycles. The van der Waals surface area contributed by atoms with Crippen molar-refractivity contribution in [1.82, 2.24) is 10.2 Å². The number of rotatable bonds is 14. The van der Waals surface area contributed by atoms with Crippen LogP contribution in [0.1, 0.15) is 58.3 Å². The number of fused-ring (bicyclic) bond motifs is 1. The first-order valence-electron chi connectivity index (χ1n) is 14.1. The average molecular weight is 575 g/mol. The number of benzene rings is 3. The largest absolute Gasteiger partial charge is 0.497 e. The normalized spacial score (nSPS) is 11.3. The number of nitrogens with zero attached hydrogens (tertiary/aromatic N) is 2. The van der Waals surface area contributed by atoms with Gasteiger partial charge in [-0.3, -0.25) is 0 Å². The number of hydrogen-bond donors (Lipinski definition) is 0. The molecule has 3 aromatic carbocycles. The molecule has 5 nitrogen and oxygen atoms in total. The molecule has 0 bridgehead atoms. The maximum atomic E-state index is 6.82. The van der Waals surface area contributed by atoms with Crippen molar-refractivity contribution in [3.8, 4) is 44.8 Å². The summed E-state index contributed by atoms with van der Waals surface area (Å²) in [6.45, 7) is 3.01. The third-order valence-electron chi connectivity index (χ3n) is 7.02. The SMILES string of the molecule is CCCCCCCCCCOc1ccc2c(Cl)c(-c3ccc(-c4nnc(-c5ccc(OC)cc5)o4)cc3)sc2c1. The van der Waals surface area contributed by atoms with E-state index in [0.717, 1.165) is 61.2 Å². The minimum atomic E-state index is 0.467. The molecular formula is C33H35ClN2O3S. The Morgan fingerprint density at radius 3 is 1.95 bits per heavy atom. The molecule has 0 aliphatic heterocycles. The van der Waals surface area contributed by atoms with Crippen molar-refractivity contribution >= 4 is 33.0 Å². The maximum absolute atomic E-state index is 6.82. The highest BCUT2D eigenvalue weighted by molar-refractivity contribution is 7.23. The number of aromatic nitrogens is 2. The number of halogens is 1. The summed E-state index contributed by atoms with van der Waals surface area (Å²) < 4.78 is 18.3. The van der Waals surface area contributed by atoms with Crippen molar-refractivity contribution in [3.63, 3.8) is 0 Å². The van der Waals surface area contributed by atoms with E-state index >= 15 is 0 Å². The van der Waals surface area contributed by atoms with Crippen LogP contribution < -0.4 is 9.47 Å². The van der Waals surface area contributed by atoms with E-state index in [-0.39, 0.29) is 0 Å². The number of ether oxygens (including phenoxy) is 2. The summed E-state index contributed by atoms with van der Waals surface area (Å²) in [5, 5.41) is 10.3. The molecule has 2 aromatic heterocycles. The second-order valence-corrected chi connectivity index (χ2v) is 11.4.